The summed E-state index contributed by atoms with van der Waals surface area (Å²) in [4.78, 5) is 19.0. The Kier molecular flexibility index (Phi) is 6.70. The Morgan fingerprint density at radius 1 is 0.971 bits per heavy atom. The van der Waals surface area contributed by atoms with Gasteiger partial charge >= 0.3 is 0 Å². The summed E-state index contributed by atoms with van der Waals surface area (Å²) in [6, 6.07) is 21.2. The number of aromatic nitrogens is 1. The fraction of sp³-hybridized carbons (Fsp3) is 0.321. The van der Waals surface area contributed by atoms with Crippen LogP contribution in [-0.4, -0.2) is 54.6 Å². The number of thiophene rings is 1. The number of aryl methyl sites for hydroxylation is 1. The maximum absolute atomic E-state index is 12.9. The zero-order chi connectivity index (χ0) is 23.5. The molecule has 6 heteroatoms. The summed E-state index contributed by atoms with van der Waals surface area (Å²) in [6.07, 6.45) is 0. The Hall–Kier alpha value is -3.09. The molecule has 0 saturated carbocycles. The highest BCUT2D eigenvalue weighted by atomic mass is 32.1. The highest BCUT2D eigenvalue weighted by Crippen LogP contribution is 2.31. The van der Waals surface area contributed by atoms with Gasteiger partial charge in [-0.05, 0) is 54.6 Å². The topological polar surface area (TPSA) is 40.5 Å². The summed E-state index contributed by atoms with van der Waals surface area (Å²) in [5.41, 5.74) is 6.29. The van der Waals surface area contributed by atoms with Crippen molar-refractivity contribution in [2.24, 2.45) is 0 Å². The highest BCUT2D eigenvalue weighted by Gasteiger charge is 2.19. The van der Waals surface area contributed by atoms with Crippen LogP contribution in [0.4, 0.5) is 5.69 Å². The average Bonchev–Trinajstić information content (AvgIpc) is 3.50. The second kappa shape index (κ2) is 10.0. The van der Waals surface area contributed by atoms with Crippen LogP contribution in [0.25, 0.3) is 21.5 Å². The first-order chi connectivity index (χ1) is 16.6. The standard InChI is InChI=1S/C28H32N4OS/c1-21-7-5-10-24(22(21)2)31-16-14-30(15-17-31)13-12-29-28(33)20-32-25-9-4-3-8-23(25)19-26(32)27-11-6-18-34-27/h3-11,18-19H,12-17,20H2,1-2H3,(H,29,33). The molecule has 2 aromatic heterocycles. The van der Waals surface area contributed by atoms with Crippen LogP contribution in [0.2, 0.25) is 0 Å². The molecule has 0 atom stereocenters. The molecule has 0 bridgehead atoms. The number of anilines is 1. The van der Waals surface area contributed by atoms with Crippen molar-refractivity contribution < 1.29 is 4.79 Å². The van der Waals surface area contributed by atoms with Crippen molar-refractivity contribution in [2.75, 3.05) is 44.2 Å². The number of nitrogens with zero attached hydrogens (tertiary/aromatic N) is 3. The van der Waals surface area contributed by atoms with E-state index in [2.05, 4.69) is 87.4 Å². The SMILES string of the molecule is Cc1cccc(N2CCN(CCNC(=O)Cn3c(-c4cccs4)cc4ccccc43)CC2)c1C. The van der Waals surface area contributed by atoms with Crippen LogP contribution in [0.1, 0.15) is 11.1 Å². The van der Waals surface area contributed by atoms with E-state index in [1.54, 1.807) is 11.3 Å². The molecule has 5 nitrogen and oxygen atoms in total. The van der Waals surface area contributed by atoms with Gasteiger partial charge in [-0.25, -0.2) is 0 Å². The quantitative estimate of drug-likeness (QED) is 0.415. The second-order valence-electron chi connectivity index (χ2n) is 9.05. The molecule has 176 valence electrons. The van der Waals surface area contributed by atoms with Crippen molar-refractivity contribution in [1.29, 1.82) is 0 Å². The number of fused-ring (bicyclic) bond motifs is 1. The minimum atomic E-state index is 0.0631. The van der Waals surface area contributed by atoms with E-state index in [4.69, 9.17) is 0 Å². The van der Waals surface area contributed by atoms with Crippen LogP contribution in [-0.2, 0) is 11.3 Å². The molecule has 0 unspecified atom stereocenters. The van der Waals surface area contributed by atoms with E-state index in [0.717, 1.165) is 43.9 Å². The molecule has 34 heavy (non-hydrogen) atoms. The summed E-state index contributed by atoms with van der Waals surface area (Å²) in [7, 11) is 0. The number of hydrogen-bond acceptors (Lipinski definition) is 4. The monoisotopic (exact) mass is 472 g/mol. The lowest BCUT2D eigenvalue weighted by molar-refractivity contribution is -0.121. The number of benzene rings is 2. The van der Waals surface area contributed by atoms with Crippen molar-refractivity contribution in [3.8, 4) is 10.6 Å². The molecule has 1 aliphatic rings. The van der Waals surface area contributed by atoms with Crippen molar-refractivity contribution in [3.05, 3.63) is 77.2 Å². The van der Waals surface area contributed by atoms with Crippen molar-refractivity contribution >= 4 is 33.8 Å². The van der Waals surface area contributed by atoms with Gasteiger partial charge in [0, 0.05) is 55.9 Å². The van der Waals surface area contributed by atoms with Gasteiger partial charge in [-0.15, -0.1) is 11.3 Å². The molecule has 1 amide bonds. The van der Waals surface area contributed by atoms with E-state index in [0.29, 0.717) is 13.1 Å². The van der Waals surface area contributed by atoms with Gasteiger partial charge in [0.2, 0.25) is 5.91 Å². The zero-order valence-electron chi connectivity index (χ0n) is 20.0. The number of nitrogens with one attached hydrogen (secondary N) is 1. The third kappa shape index (κ3) is 4.74. The molecular weight excluding hydrogens is 440 g/mol. The summed E-state index contributed by atoms with van der Waals surface area (Å²) >= 11 is 1.71. The number of carbonyl (C=O) groups is 1. The molecule has 2 aromatic carbocycles. The molecule has 1 aliphatic heterocycles. The van der Waals surface area contributed by atoms with Crippen LogP contribution < -0.4 is 10.2 Å². The lowest BCUT2D eigenvalue weighted by atomic mass is 10.1. The molecular formula is C28H32N4OS. The summed E-state index contributed by atoms with van der Waals surface area (Å²) < 4.78 is 2.14. The van der Waals surface area contributed by atoms with Gasteiger partial charge in [0.15, 0.2) is 0 Å². The smallest absolute Gasteiger partial charge is 0.240 e. The Morgan fingerprint density at radius 3 is 2.59 bits per heavy atom. The zero-order valence-corrected chi connectivity index (χ0v) is 20.8. The number of rotatable bonds is 7. The van der Waals surface area contributed by atoms with Gasteiger partial charge in [0.05, 0.1) is 10.6 Å². The maximum atomic E-state index is 12.9. The Labute approximate surface area is 205 Å². The first-order valence-corrected chi connectivity index (χ1v) is 12.9. The third-order valence-corrected chi connectivity index (χ3v) is 7.82. The first kappa shape index (κ1) is 22.7. The van der Waals surface area contributed by atoms with E-state index in [1.165, 1.54) is 27.1 Å². The minimum absolute atomic E-state index is 0.0631. The molecule has 0 aliphatic carbocycles. The number of amides is 1. The highest BCUT2D eigenvalue weighted by molar-refractivity contribution is 7.13. The largest absolute Gasteiger partial charge is 0.369 e. The fourth-order valence-corrected chi connectivity index (χ4v) is 5.60. The fourth-order valence-electron chi connectivity index (χ4n) is 4.85. The van der Waals surface area contributed by atoms with Crippen molar-refractivity contribution in [1.82, 2.24) is 14.8 Å². The molecule has 3 heterocycles. The maximum Gasteiger partial charge on any atom is 0.240 e. The van der Waals surface area contributed by atoms with Gasteiger partial charge in [-0.1, -0.05) is 36.4 Å². The predicted molar refractivity (Wildman–Crippen MR) is 143 cm³/mol. The van der Waals surface area contributed by atoms with Gasteiger partial charge in [-0.3, -0.25) is 9.69 Å². The Bertz CT molecular complexity index is 1270. The van der Waals surface area contributed by atoms with Gasteiger partial charge in [-0.2, -0.15) is 0 Å². The van der Waals surface area contributed by atoms with Gasteiger partial charge in [0.25, 0.3) is 0 Å². The van der Waals surface area contributed by atoms with Crippen LogP contribution >= 0.6 is 11.3 Å². The van der Waals surface area contributed by atoms with E-state index in [-0.39, 0.29) is 5.91 Å². The first-order valence-electron chi connectivity index (χ1n) is 12.0. The van der Waals surface area contributed by atoms with Crippen molar-refractivity contribution in [3.63, 3.8) is 0 Å². The van der Waals surface area contributed by atoms with Crippen LogP contribution in [0.15, 0.2) is 66.0 Å². The van der Waals surface area contributed by atoms with E-state index in [9.17, 15) is 4.79 Å². The average molecular weight is 473 g/mol. The molecule has 1 fully saturated rings. The van der Waals surface area contributed by atoms with Gasteiger partial charge < -0.3 is 14.8 Å². The van der Waals surface area contributed by atoms with E-state index < -0.39 is 0 Å². The third-order valence-electron chi connectivity index (χ3n) is 6.93. The van der Waals surface area contributed by atoms with Crippen molar-refractivity contribution in [2.45, 2.75) is 20.4 Å². The second-order valence-corrected chi connectivity index (χ2v) is 10.00. The minimum Gasteiger partial charge on any atom is -0.369 e. The summed E-state index contributed by atoms with van der Waals surface area (Å²) in [6.45, 7) is 10.4. The lowest BCUT2D eigenvalue weighted by Crippen LogP contribution is -2.48. The van der Waals surface area contributed by atoms with Crippen LogP contribution in [0.5, 0.6) is 0 Å². The normalized spacial score (nSPS) is 14.6. The molecule has 1 saturated heterocycles. The van der Waals surface area contributed by atoms with E-state index >= 15 is 0 Å². The van der Waals surface area contributed by atoms with Gasteiger partial charge in [0.1, 0.15) is 6.54 Å². The number of para-hydroxylation sites is 1. The number of piperazine rings is 1. The Morgan fingerprint density at radius 2 is 1.79 bits per heavy atom. The molecule has 5 rings (SSSR count). The van der Waals surface area contributed by atoms with Crippen LogP contribution in [0.3, 0.4) is 0 Å². The van der Waals surface area contributed by atoms with E-state index in [1.807, 2.05) is 12.1 Å². The molecule has 0 radical (unpaired) electrons. The number of hydrogen-bond donors (Lipinski definition) is 1. The molecule has 0 spiro atoms. The van der Waals surface area contributed by atoms with Crippen LogP contribution in [0, 0.1) is 13.8 Å². The summed E-state index contributed by atoms with van der Waals surface area (Å²) in [5, 5.41) is 6.40. The summed E-state index contributed by atoms with van der Waals surface area (Å²) in [5.74, 6) is 0.0631. The number of carbonyl (C=O) groups excluding carboxylic acids is 1. The molecule has 1 N–H and O–H groups in total. The molecule has 4 aromatic rings. The lowest BCUT2D eigenvalue weighted by Gasteiger charge is -2.37. The Balaban J connectivity index is 1.15. The predicted octanol–water partition coefficient (Wildman–Crippen LogP) is 4.93.